The molecular formula is C11H15BrN2O. The second-order valence-corrected chi connectivity index (χ2v) is 4.55. The lowest BCUT2D eigenvalue weighted by Crippen LogP contribution is -2.23. The molecule has 1 amide bonds. The van der Waals surface area contributed by atoms with Crippen molar-refractivity contribution in [2.24, 2.45) is 5.73 Å². The van der Waals surface area contributed by atoms with Gasteiger partial charge in [-0.2, -0.15) is 0 Å². The van der Waals surface area contributed by atoms with Crippen molar-refractivity contribution in [3.63, 3.8) is 0 Å². The highest BCUT2D eigenvalue weighted by Crippen LogP contribution is 2.20. The second-order valence-electron chi connectivity index (χ2n) is 3.69. The Kier molecular flexibility index (Phi) is 4.29. The number of anilines is 1. The molecule has 0 spiro atoms. The fraction of sp³-hybridized carbons (Fsp3) is 0.364. The van der Waals surface area contributed by atoms with Gasteiger partial charge in [-0.05, 0) is 31.5 Å². The molecule has 0 heterocycles. The van der Waals surface area contributed by atoms with Crippen LogP contribution in [-0.4, -0.2) is 11.9 Å². The number of aryl methyl sites for hydroxylation is 1. The van der Waals surface area contributed by atoms with E-state index in [2.05, 4.69) is 21.2 Å². The molecule has 1 aromatic rings. The van der Waals surface area contributed by atoms with Gasteiger partial charge in [0.2, 0.25) is 5.91 Å². The topological polar surface area (TPSA) is 55.1 Å². The quantitative estimate of drug-likeness (QED) is 0.887. The molecule has 0 aromatic heterocycles. The summed E-state index contributed by atoms with van der Waals surface area (Å²) < 4.78 is 0.987. The van der Waals surface area contributed by atoms with Gasteiger partial charge >= 0.3 is 0 Å². The largest absolute Gasteiger partial charge is 0.327 e. The van der Waals surface area contributed by atoms with Crippen molar-refractivity contribution in [2.45, 2.75) is 26.3 Å². The maximum atomic E-state index is 11.4. The fourth-order valence-electron chi connectivity index (χ4n) is 1.18. The molecule has 0 fully saturated rings. The fourth-order valence-corrected chi connectivity index (χ4v) is 1.55. The Morgan fingerprint density at radius 3 is 2.80 bits per heavy atom. The predicted molar refractivity (Wildman–Crippen MR) is 65.8 cm³/mol. The van der Waals surface area contributed by atoms with Gasteiger partial charge in [0.05, 0.1) is 0 Å². The third-order valence-corrected chi connectivity index (χ3v) is 2.82. The summed E-state index contributed by atoms with van der Waals surface area (Å²) in [5.41, 5.74) is 7.46. The molecule has 82 valence electrons. The number of amides is 1. The number of nitrogens with two attached hydrogens (primary N) is 1. The number of nitrogens with one attached hydrogen (secondary N) is 1. The van der Waals surface area contributed by atoms with Crippen LogP contribution in [0, 0.1) is 6.92 Å². The molecule has 0 saturated heterocycles. The van der Waals surface area contributed by atoms with E-state index in [-0.39, 0.29) is 11.9 Å². The summed E-state index contributed by atoms with van der Waals surface area (Å²) in [5, 5.41) is 2.79. The van der Waals surface area contributed by atoms with Crippen LogP contribution in [0.1, 0.15) is 18.9 Å². The van der Waals surface area contributed by atoms with Crippen molar-refractivity contribution in [3.05, 3.63) is 28.2 Å². The summed E-state index contributed by atoms with van der Waals surface area (Å²) in [6, 6.07) is 5.60. The average molecular weight is 271 g/mol. The third kappa shape index (κ3) is 4.01. The summed E-state index contributed by atoms with van der Waals surface area (Å²) >= 11 is 3.41. The molecule has 3 N–H and O–H groups in total. The van der Waals surface area contributed by atoms with E-state index in [9.17, 15) is 4.79 Å². The van der Waals surface area contributed by atoms with Gasteiger partial charge in [-0.25, -0.2) is 0 Å². The molecule has 4 heteroatoms. The number of hydrogen-bond acceptors (Lipinski definition) is 2. The summed E-state index contributed by atoms with van der Waals surface area (Å²) in [5.74, 6) is -0.0549. The summed E-state index contributed by atoms with van der Waals surface area (Å²) in [7, 11) is 0. The van der Waals surface area contributed by atoms with Gasteiger partial charge in [0.1, 0.15) is 0 Å². The smallest absolute Gasteiger partial charge is 0.225 e. The third-order valence-electron chi connectivity index (χ3n) is 1.96. The molecule has 0 radical (unpaired) electrons. The monoisotopic (exact) mass is 270 g/mol. The summed E-state index contributed by atoms with van der Waals surface area (Å²) in [4.78, 5) is 11.4. The van der Waals surface area contributed by atoms with Gasteiger partial charge in [0, 0.05) is 22.6 Å². The maximum absolute atomic E-state index is 11.4. The van der Waals surface area contributed by atoms with Crippen LogP contribution in [0.5, 0.6) is 0 Å². The Labute approximate surface area is 98.2 Å². The zero-order valence-corrected chi connectivity index (χ0v) is 10.5. The van der Waals surface area contributed by atoms with E-state index in [1.165, 1.54) is 0 Å². The van der Waals surface area contributed by atoms with E-state index in [0.29, 0.717) is 6.42 Å². The number of halogens is 1. The lowest BCUT2D eigenvalue weighted by atomic mass is 10.2. The normalized spacial score (nSPS) is 12.3. The van der Waals surface area contributed by atoms with E-state index >= 15 is 0 Å². The van der Waals surface area contributed by atoms with E-state index < -0.39 is 0 Å². The van der Waals surface area contributed by atoms with Crippen molar-refractivity contribution in [1.82, 2.24) is 0 Å². The Morgan fingerprint density at radius 2 is 2.27 bits per heavy atom. The van der Waals surface area contributed by atoms with Crippen LogP contribution in [0.25, 0.3) is 0 Å². The van der Waals surface area contributed by atoms with E-state index in [4.69, 9.17) is 5.73 Å². The van der Waals surface area contributed by atoms with Gasteiger partial charge in [0.25, 0.3) is 0 Å². The van der Waals surface area contributed by atoms with E-state index in [1.807, 2.05) is 32.0 Å². The molecule has 1 aromatic carbocycles. The van der Waals surface area contributed by atoms with Crippen LogP contribution in [0.4, 0.5) is 5.69 Å². The van der Waals surface area contributed by atoms with Crippen molar-refractivity contribution in [1.29, 1.82) is 0 Å². The van der Waals surface area contributed by atoms with Crippen LogP contribution in [0.15, 0.2) is 22.7 Å². The standard InChI is InChI=1S/C11H15BrN2O/c1-7-3-4-9(6-10(7)12)14-11(15)5-8(2)13/h3-4,6,8H,5,13H2,1-2H3,(H,14,15). The molecule has 0 saturated carbocycles. The van der Waals surface area contributed by atoms with E-state index in [0.717, 1.165) is 15.7 Å². The average Bonchev–Trinajstić information content (AvgIpc) is 2.10. The van der Waals surface area contributed by atoms with Crippen molar-refractivity contribution in [3.8, 4) is 0 Å². The molecular weight excluding hydrogens is 256 g/mol. The lowest BCUT2D eigenvalue weighted by Gasteiger charge is -2.08. The highest BCUT2D eigenvalue weighted by molar-refractivity contribution is 9.10. The number of hydrogen-bond donors (Lipinski definition) is 2. The van der Waals surface area contributed by atoms with Crippen molar-refractivity contribution in [2.75, 3.05) is 5.32 Å². The van der Waals surface area contributed by atoms with Gasteiger partial charge in [-0.1, -0.05) is 22.0 Å². The van der Waals surface area contributed by atoms with Crippen molar-refractivity contribution >= 4 is 27.5 Å². The Bertz CT molecular complexity index is 364. The Balaban J connectivity index is 2.65. The second kappa shape index (κ2) is 5.28. The minimum atomic E-state index is -0.112. The SMILES string of the molecule is Cc1ccc(NC(=O)CC(C)N)cc1Br. The molecule has 3 nitrogen and oxygen atoms in total. The van der Waals surface area contributed by atoms with Crippen LogP contribution < -0.4 is 11.1 Å². The van der Waals surface area contributed by atoms with Crippen LogP contribution in [0.2, 0.25) is 0 Å². The molecule has 15 heavy (non-hydrogen) atoms. The maximum Gasteiger partial charge on any atom is 0.225 e. The highest BCUT2D eigenvalue weighted by atomic mass is 79.9. The first-order chi connectivity index (χ1) is 6.99. The predicted octanol–water partition coefficient (Wildman–Crippen LogP) is 2.43. The molecule has 0 aliphatic carbocycles. The minimum absolute atomic E-state index is 0.0549. The molecule has 1 rings (SSSR count). The Hall–Kier alpha value is -0.870. The first-order valence-corrected chi connectivity index (χ1v) is 5.60. The first kappa shape index (κ1) is 12.2. The molecule has 0 aliphatic rings. The minimum Gasteiger partial charge on any atom is -0.327 e. The lowest BCUT2D eigenvalue weighted by molar-refractivity contribution is -0.116. The molecule has 1 unspecified atom stereocenters. The zero-order valence-electron chi connectivity index (χ0n) is 8.88. The number of carbonyl (C=O) groups excluding carboxylic acids is 1. The van der Waals surface area contributed by atoms with E-state index in [1.54, 1.807) is 0 Å². The Morgan fingerprint density at radius 1 is 1.60 bits per heavy atom. The van der Waals surface area contributed by atoms with Gasteiger partial charge in [0.15, 0.2) is 0 Å². The van der Waals surface area contributed by atoms with Crippen LogP contribution in [-0.2, 0) is 4.79 Å². The number of benzene rings is 1. The summed E-state index contributed by atoms with van der Waals surface area (Å²) in [6.07, 6.45) is 0.339. The number of rotatable bonds is 3. The first-order valence-electron chi connectivity index (χ1n) is 4.80. The zero-order chi connectivity index (χ0) is 11.4. The molecule has 1 atom stereocenters. The van der Waals surface area contributed by atoms with Gasteiger partial charge < -0.3 is 11.1 Å². The van der Waals surface area contributed by atoms with Gasteiger partial charge in [-0.15, -0.1) is 0 Å². The number of carbonyl (C=O) groups is 1. The highest BCUT2D eigenvalue weighted by Gasteiger charge is 2.05. The van der Waals surface area contributed by atoms with Crippen LogP contribution >= 0.6 is 15.9 Å². The van der Waals surface area contributed by atoms with Gasteiger partial charge in [-0.3, -0.25) is 4.79 Å². The molecule has 0 bridgehead atoms. The van der Waals surface area contributed by atoms with Crippen molar-refractivity contribution < 1.29 is 4.79 Å². The summed E-state index contributed by atoms with van der Waals surface area (Å²) in [6.45, 7) is 3.81. The van der Waals surface area contributed by atoms with Crippen LogP contribution in [0.3, 0.4) is 0 Å². The molecule has 0 aliphatic heterocycles.